The SMILES string of the molecule is O=C1CCC[C@@H]2CCC[C@@H]12. The van der Waals surface area contributed by atoms with E-state index in [0.717, 1.165) is 12.3 Å². The smallest absolute Gasteiger partial charge is 0.136 e. The molecule has 1 heteroatoms. The summed E-state index contributed by atoms with van der Waals surface area (Å²) >= 11 is 0. The number of carbonyl (C=O) groups excluding carboxylic acids is 1. The Kier molecular flexibility index (Phi) is 1.51. The quantitative estimate of drug-likeness (QED) is 0.501. The molecule has 2 aliphatic carbocycles. The minimum Gasteiger partial charge on any atom is -0.299 e. The molecule has 56 valence electrons. The normalized spacial score (nSPS) is 39.8. The molecule has 0 spiro atoms. The molecule has 0 heterocycles. The molecule has 0 aromatic carbocycles. The fraction of sp³-hybridized carbons (Fsp3) is 0.889. The summed E-state index contributed by atoms with van der Waals surface area (Å²) < 4.78 is 0. The molecule has 0 saturated heterocycles. The minimum atomic E-state index is 0.494. The van der Waals surface area contributed by atoms with Crippen LogP contribution in [0.5, 0.6) is 0 Å². The van der Waals surface area contributed by atoms with E-state index in [1.165, 1.54) is 32.1 Å². The third-order valence-corrected chi connectivity index (χ3v) is 3.07. The number of rotatable bonds is 0. The predicted octanol–water partition coefficient (Wildman–Crippen LogP) is 2.16. The molecule has 1 nitrogen and oxygen atoms in total. The van der Waals surface area contributed by atoms with E-state index in [-0.39, 0.29) is 0 Å². The molecular weight excluding hydrogens is 124 g/mol. The van der Waals surface area contributed by atoms with Crippen molar-refractivity contribution in [1.82, 2.24) is 0 Å². The van der Waals surface area contributed by atoms with E-state index in [9.17, 15) is 4.79 Å². The van der Waals surface area contributed by atoms with Crippen LogP contribution in [0.2, 0.25) is 0 Å². The van der Waals surface area contributed by atoms with Crippen molar-refractivity contribution in [2.24, 2.45) is 11.8 Å². The summed E-state index contributed by atoms with van der Waals surface area (Å²) in [5, 5.41) is 0. The maximum Gasteiger partial charge on any atom is 0.136 e. The van der Waals surface area contributed by atoms with Crippen LogP contribution < -0.4 is 0 Å². The molecule has 0 aromatic heterocycles. The van der Waals surface area contributed by atoms with Gasteiger partial charge in [0.25, 0.3) is 0 Å². The van der Waals surface area contributed by atoms with Gasteiger partial charge in [0.2, 0.25) is 0 Å². The van der Waals surface area contributed by atoms with E-state index >= 15 is 0 Å². The fourth-order valence-electron chi connectivity index (χ4n) is 2.53. The van der Waals surface area contributed by atoms with Crippen molar-refractivity contribution >= 4 is 5.78 Å². The van der Waals surface area contributed by atoms with Crippen molar-refractivity contribution in [2.45, 2.75) is 38.5 Å². The van der Waals surface area contributed by atoms with Crippen LogP contribution in [0.25, 0.3) is 0 Å². The van der Waals surface area contributed by atoms with Crippen molar-refractivity contribution in [3.05, 3.63) is 0 Å². The lowest BCUT2D eigenvalue weighted by molar-refractivity contribution is -0.125. The van der Waals surface area contributed by atoms with Crippen LogP contribution in [-0.2, 0) is 4.79 Å². The zero-order valence-corrected chi connectivity index (χ0v) is 6.31. The summed E-state index contributed by atoms with van der Waals surface area (Å²) in [4.78, 5) is 11.3. The second-order valence-corrected chi connectivity index (χ2v) is 3.66. The van der Waals surface area contributed by atoms with E-state index in [2.05, 4.69) is 0 Å². The number of Topliss-reactive ketones (excluding diaryl/α,β-unsaturated/α-hetero) is 1. The Morgan fingerprint density at radius 3 is 2.70 bits per heavy atom. The molecule has 2 atom stereocenters. The Morgan fingerprint density at radius 1 is 1.10 bits per heavy atom. The van der Waals surface area contributed by atoms with Crippen molar-refractivity contribution in [3.63, 3.8) is 0 Å². The molecule has 0 aromatic rings. The van der Waals surface area contributed by atoms with Gasteiger partial charge in [-0.15, -0.1) is 0 Å². The molecule has 0 aliphatic heterocycles. The van der Waals surface area contributed by atoms with Crippen molar-refractivity contribution in [1.29, 1.82) is 0 Å². The standard InChI is InChI=1S/C9H14O/c10-9-6-2-4-7-3-1-5-8(7)9/h7-8H,1-6H2/t7-,8+/m0/s1. The summed E-state index contributed by atoms with van der Waals surface area (Å²) in [6.45, 7) is 0. The molecule has 10 heavy (non-hydrogen) atoms. The third-order valence-electron chi connectivity index (χ3n) is 3.07. The molecular formula is C9H14O. The third kappa shape index (κ3) is 0.882. The number of hydrogen-bond acceptors (Lipinski definition) is 1. The first kappa shape index (κ1) is 6.38. The monoisotopic (exact) mass is 138 g/mol. The average molecular weight is 138 g/mol. The first-order valence-corrected chi connectivity index (χ1v) is 4.40. The van der Waals surface area contributed by atoms with Gasteiger partial charge in [-0.05, 0) is 31.6 Å². The van der Waals surface area contributed by atoms with Gasteiger partial charge < -0.3 is 0 Å². The van der Waals surface area contributed by atoms with E-state index < -0.39 is 0 Å². The van der Waals surface area contributed by atoms with Crippen molar-refractivity contribution in [3.8, 4) is 0 Å². The molecule has 2 fully saturated rings. The van der Waals surface area contributed by atoms with Crippen LogP contribution in [0.15, 0.2) is 0 Å². The molecule has 0 radical (unpaired) electrons. The maximum absolute atomic E-state index is 11.3. The first-order valence-electron chi connectivity index (χ1n) is 4.40. The second-order valence-electron chi connectivity index (χ2n) is 3.66. The molecule has 2 saturated carbocycles. The molecule has 2 aliphatic rings. The Hall–Kier alpha value is -0.330. The topological polar surface area (TPSA) is 17.1 Å². The van der Waals surface area contributed by atoms with Gasteiger partial charge in [-0.1, -0.05) is 6.42 Å². The highest BCUT2D eigenvalue weighted by molar-refractivity contribution is 5.82. The van der Waals surface area contributed by atoms with E-state index in [1.807, 2.05) is 0 Å². The first-order chi connectivity index (χ1) is 4.88. The average Bonchev–Trinajstić information content (AvgIpc) is 2.36. The van der Waals surface area contributed by atoms with Gasteiger partial charge >= 0.3 is 0 Å². The highest BCUT2D eigenvalue weighted by Gasteiger charge is 2.34. The number of hydrogen-bond donors (Lipinski definition) is 0. The Morgan fingerprint density at radius 2 is 1.90 bits per heavy atom. The number of ketones is 1. The molecule has 2 rings (SSSR count). The van der Waals surface area contributed by atoms with Gasteiger partial charge in [0.15, 0.2) is 0 Å². The highest BCUT2D eigenvalue weighted by atomic mass is 16.1. The second kappa shape index (κ2) is 2.37. The summed E-state index contributed by atoms with van der Waals surface area (Å²) in [5.41, 5.74) is 0. The summed E-state index contributed by atoms with van der Waals surface area (Å²) in [6, 6.07) is 0. The van der Waals surface area contributed by atoms with Gasteiger partial charge in [0, 0.05) is 12.3 Å². The number of fused-ring (bicyclic) bond motifs is 1. The maximum atomic E-state index is 11.3. The Balaban J connectivity index is 2.10. The van der Waals surface area contributed by atoms with E-state index in [1.54, 1.807) is 0 Å². The van der Waals surface area contributed by atoms with Crippen LogP contribution in [0.4, 0.5) is 0 Å². The van der Waals surface area contributed by atoms with Crippen molar-refractivity contribution < 1.29 is 4.79 Å². The van der Waals surface area contributed by atoms with Crippen LogP contribution in [-0.4, -0.2) is 5.78 Å². The van der Waals surface area contributed by atoms with Gasteiger partial charge in [-0.25, -0.2) is 0 Å². The zero-order chi connectivity index (χ0) is 6.97. The lowest BCUT2D eigenvalue weighted by atomic mass is 9.81. The molecule has 0 amide bonds. The Bertz CT molecular complexity index is 151. The van der Waals surface area contributed by atoms with Crippen LogP contribution in [0.1, 0.15) is 38.5 Å². The fourth-order valence-corrected chi connectivity index (χ4v) is 2.53. The molecule has 0 unspecified atom stereocenters. The Labute approximate surface area is 61.8 Å². The molecule has 0 N–H and O–H groups in total. The number of carbonyl (C=O) groups is 1. The van der Waals surface area contributed by atoms with E-state index in [0.29, 0.717) is 11.7 Å². The predicted molar refractivity (Wildman–Crippen MR) is 39.7 cm³/mol. The summed E-state index contributed by atoms with van der Waals surface area (Å²) in [7, 11) is 0. The van der Waals surface area contributed by atoms with Gasteiger partial charge in [0.05, 0.1) is 0 Å². The van der Waals surface area contributed by atoms with Crippen LogP contribution >= 0.6 is 0 Å². The lowest BCUT2D eigenvalue weighted by Gasteiger charge is -2.23. The minimum absolute atomic E-state index is 0.494. The van der Waals surface area contributed by atoms with Gasteiger partial charge in [-0.2, -0.15) is 0 Å². The van der Waals surface area contributed by atoms with Gasteiger partial charge in [-0.3, -0.25) is 4.79 Å². The largest absolute Gasteiger partial charge is 0.299 e. The summed E-state index contributed by atoms with van der Waals surface area (Å²) in [5.74, 6) is 1.85. The van der Waals surface area contributed by atoms with Crippen LogP contribution in [0.3, 0.4) is 0 Å². The zero-order valence-electron chi connectivity index (χ0n) is 6.31. The van der Waals surface area contributed by atoms with E-state index in [4.69, 9.17) is 0 Å². The van der Waals surface area contributed by atoms with Crippen molar-refractivity contribution in [2.75, 3.05) is 0 Å². The lowest BCUT2D eigenvalue weighted by Crippen LogP contribution is -2.23. The molecule has 0 bridgehead atoms. The highest BCUT2D eigenvalue weighted by Crippen LogP contribution is 2.39. The van der Waals surface area contributed by atoms with Gasteiger partial charge in [0.1, 0.15) is 5.78 Å². The summed E-state index contributed by atoms with van der Waals surface area (Å²) in [6.07, 6.45) is 7.21. The van der Waals surface area contributed by atoms with Crippen LogP contribution in [0, 0.1) is 11.8 Å².